The number of nitrogens with one attached hydrogen (secondary N) is 1. The monoisotopic (exact) mass is 393 g/mol. The van der Waals surface area contributed by atoms with Crippen molar-refractivity contribution in [3.8, 4) is 0 Å². The van der Waals surface area contributed by atoms with E-state index >= 15 is 0 Å². The summed E-state index contributed by atoms with van der Waals surface area (Å²) in [6.07, 6.45) is 3.68. The van der Waals surface area contributed by atoms with Crippen molar-refractivity contribution in [2.45, 2.75) is 30.6 Å². The molecule has 27 heavy (non-hydrogen) atoms. The van der Waals surface area contributed by atoms with E-state index in [1.807, 2.05) is 0 Å². The van der Waals surface area contributed by atoms with Gasteiger partial charge in [-0.2, -0.15) is 4.31 Å². The molecule has 1 N–H and O–H groups in total. The van der Waals surface area contributed by atoms with Crippen molar-refractivity contribution in [2.24, 2.45) is 0 Å². The average molecular weight is 393 g/mol. The highest BCUT2D eigenvalue weighted by molar-refractivity contribution is 7.89. The molecule has 1 aliphatic rings. The summed E-state index contributed by atoms with van der Waals surface area (Å²) >= 11 is 0. The van der Waals surface area contributed by atoms with Crippen LogP contribution in [0.15, 0.2) is 45.7 Å². The lowest BCUT2D eigenvalue weighted by atomic mass is 10.2. The van der Waals surface area contributed by atoms with E-state index in [9.17, 15) is 23.3 Å². The number of amides is 1. The molecule has 3 rings (SSSR count). The molecule has 0 radical (unpaired) electrons. The molecule has 9 nitrogen and oxygen atoms in total. The lowest BCUT2D eigenvalue weighted by Gasteiger charge is -2.20. The first-order chi connectivity index (χ1) is 12.9. The number of carbonyl (C=O) groups excluding carboxylic acids is 1. The van der Waals surface area contributed by atoms with Gasteiger partial charge in [-0.1, -0.05) is 18.9 Å². The van der Waals surface area contributed by atoms with Gasteiger partial charge in [0.25, 0.3) is 5.91 Å². The Balaban J connectivity index is 1.78. The molecule has 2 aromatic rings. The van der Waals surface area contributed by atoms with Crippen LogP contribution >= 0.6 is 0 Å². The van der Waals surface area contributed by atoms with Gasteiger partial charge < -0.3 is 9.73 Å². The SMILES string of the molecule is O=C(Nc1cccc(S(=O)(=O)N2CCCCCC2)c1)c1ccc([N+](=O)[O-])o1. The summed E-state index contributed by atoms with van der Waals surface area (Å²) in [4.78, 5) is 22.2. The number of carbonyl (C=O) groups is 1. The highest BCUT2D eigenvalue weighted by Gasteiger charge is 2.25. The Morgan fingerprint density at radius 1 is 1.11 bits per heavy atom. The van der Waals surface area contributed by atoms with E-state index in [0.29, 0.717) is 13.1 Å². The van der Waals surface area contributed by atoms with Crippen molar-refractivity contribution < 1.29 is 22.6 Å². The van der Waals surface area contributed by atoms with E-state index in [0.717, 1.165) is 31.7 Å². The molecule has 0 aliphatic carbocycles. The Bertz CT molecular complexity index is 945. The van der Waals surface area contributed by atoms with Crippen molar-refractivity contribution in [3.05, 3.63) is 52.3 Å². The summed E-state index contributed by atoms with van der Waals surface area (Å²) in [5, 5.41) is 13.1. The molecule has 0 atom stereocenters. The Morgan fingerprint density at radius 3 is 2.44 bits per heavy atom. The largest absolute Gasteiger partial charge is 0.433 e. The van der Waals surface area contributed by atoms with Gasteiger partial charge in [-0.05, 0) is 37.1 Å². The first kappa shape index (κ1) is 19.1. The van der Waals surface area contributed by atoms with Crippen LogP contribution in [0.1, 0.15) is 36.2 Å². The molecule has 0 bridgehead atoms. The molecule has 1 aromatic heterocycles. The zero-order chi connectivity index (χ0) is 19.4. The van der Waals surface area contributed by atoms with Crippen LogP contribution in [0.4, 0.5) is 11.6 Å². The van der Waals surface area contributed by atoms with Crippen LogP contribution in [0.25, 0.3) is 0 Å². The predicted molar refractivity (Wildman–Crippen MR) is 97.0 cm³/mol. The lowest BCUT2D eigenvalue weighted by molar-refractivity contribution is -0.402. The van der Waals surface area contributed by atoms with Crippen LogP contribution in [0.2, 0.25) is 0 Å². The van der Waals surface area contributed by atoms with Crippen molar-refractivity contribution in [2.75, 3.05) is 18.4 Å². The van der Waals surface area contributed by atoms with Gasteiger partial charge in [-0.3, -0.25) is 14.9 Å². The van der Waals surface area contributed by atoms with Gasteiger partial charge in [0.15, 0.2) is 5.76 Å². The molecule has 0 saturated carbocycles. The topological polar surface area (TPSA) is 123 Å². The molecule has 144 valence electrons. The summed E-state index contributed by atoms with van der Waals surface area (Å²) in [6, 6.07) is 8.19. The second-order valence-corrected chi connectivity index (χ2v) is 8.13. The summed E-state index contributed by atoms with van der Waals surface area (Å²) in [7, 11) is -3.65. The summed E-state index contributed by atoms with van der Waals surface area (Å²) < 4.78 is 32.0. The predicted octanol–water partition coefficient (Wildman–Crippen LogP) is 3.00. The highest BCUT2D eigenvalue weighted by atomic mass is 32.2. The Morgan fingerprint density at radius 2 is 1.81 bits per heavy atom. The molecule has 1 saturated heterocycles. The first-order valence-corrected chi connectivity index (χ1v) is 9.98. The number of furan rings is 1. The third-order valence-electron chi connectivity index (χ3n) is 4.29. The maximum absolute atomic E-state index is 12.8. The fraction of sp³-hybridized carbons (Fsp3) is 0.353. The highest BCUT2D eigenvalue weighted by Crippen LogP contribution is 2.23. The smallest absolute Gasteiger partial charge is 0.395 e. The minimum Gasteiger partial charge on any atom is -0.395 e. The van der Waals surface area contributed by atoms with E-state index in [-0.39, 0.29) is 16.3 Å². The maximum atomic E-state index is 12.8. The van der Waals surface area contributed by atoms with Gasteiger partial charge in [0.1, 0.15) is 4.92 Å². The quantitative estimate of drug-likeness (QED) is 0.615. The zero-order valence-corrected chi connectivity index (χ0v) is 15.3. The van der Waals surface area contributed by atoms with E-state index in [1.54, 1.807) is 0 Å². The van der Waals surface area contributed by atoms with Gasteiger partial charge in [0.05, 0.1) is 11.0 Å². The Hall–Kier alpha value is -2.72. The fourth-order valence-corrected chi connectivity index (χ4v) is 4.47. The zero-order valence-electron chi connectivity index (χ0n) is 14.5. The van der Waals surface area contributed by atoms with Gasteiger partial charge in [0, 0.05) is 18.8 Å². The number of hydrogen-bond acceptors (Lipinski definition) is 6. The van der Waals surface area contributed by atoms with Crippen LogP contribution in [0, 0.1) is 10.1 Å². The van der Waals surface area contributed by atoms with Crippen molar-refractivity contribution in [1.82, 2.24) is 4.31 Å². The minimum absolute atomic E-state index is 0.0904. The first-order valence-electron chi connectivity index (χ1n) is 8.54. The van der Waals surface area contributed by atoms with E-state index in [4.69, 9.17) is 4.42 Å². The van der Waals surface area contributed by atoms with Crippen molar-refractivity contribution >= 4 is 27.5 Å². The van der Waals surface area contributed by atoms with E-state index in [2.05, 4.69) is 5.32 Å². The summed E-state index contributed by atoms with van der Waals surface area (Å²) in [6.45, 7) is 0.962. The number of nitrogens with zero attached hydrogens (tertiary/aromatic N) is 2. The number of nitro groups is 1. The number of rotatable bonds is 5. The summed E-state index contributed by atoms with van der Waals surface area (Å²) in [5.74, 6) is -1.48. The molecule has 0 spiro atoms. The van der Waals surface area contributed by atoms with Gasteiger partial charge in [0.2, 0.25) is 10.0 Å². The third kappa shape index (κ3) is 4.34. The van der Waals surface area contributed by atoms with Crippen LogP contribution in [0.5, 0.6) is 0 Å². The average Bonchev–Trinajstić information content (AvgIpc) is 2.98. The third-order valence-corrected chi connectivity index (χ3v) is 6.18. The second kappa shape index (κ2) is 7.89. The lowest BCUT2D eigenvalue weighted by Crippen LogP contribution is -2.32. The second-order valence-electron chi connectivity index (χ2n) is 6.20. The number of sulfonamides is 1. The number of anilines is 1. The van der Waals surface area contributed by atoms with Crippen LogP contribution in [0.3, 0.4) is 0 Å². The van der Waals surface area contributed by atoms with Crippen molar-refractivity contribution in [1.29, 1.82) is 0 Å². The minimum atomic E-state index is -3.65. The maximum Gasteiger partial charge on any atom is 0.433 e. The molecule has 10 heteroatoms. The number of benzene rings is 1. The molecule has 1 aliphatic heterocycles. The molecular weight excluding hydrogens is 374 g/mol. The molecule has 1 amide bonds. The normalized spacial score (nSPS) is 15.9. The summed E-state index contributed by atoms with van der Waals surface area (Å²) in [5.41, 5.74) is 0.259. The Kier molecular flexibility index (Phi) is 5.57. The van der Waals surface area contributed by atoms with Crippen LogP contribution in [-0.2, 0) is 10.0 Å². The fourth-order valence-electron chi connectivity index (χ4n) is 2.91. The van der Waals surface area contributed by atoms with Crippen LogP contribution < -0.4 is 5.32 Å². The molecule has 2 heterocycles. The number of hydrogen-bond donors (Lipinski definition) is 1. The van der Waals surface area contributed by atoms with Crippen LogP contribution in [-0.4, -0.2) is 36.6 Å². The van der Waals surface area contributed by atoms with Gasteiger partial charge >= 0.3 is 5.88 Å². The Labute approximate surface area is 156 Å². The van der Waals surface area contributed by atoms with Crippen molar-refractivity contribution in [3.63, 3.8) is 0 Å². The molecular formula is C17H19N3O6S. The van der Waals surface area contributed by atoms with Gasteiger partial charge in [-0.15, -0.1) is 0 Å². The molecule has 1 aromatic carbocycles. The molecule has 0 unspecified atom stereocenters. The van der Waals surface area contributed by atoms with Gasteiger partial charge in [-0.25, -0.2) is 8.42 Å². The van der Waals surface area contributed by atoms with E-state index in [1.165, 1.54) is 34.6 Å². The standard InChI is InChI=1S/C17H19N3O6S/c21-17(15-8-9-16(26-15)20(22)23)18-13-6-5-7-14(12-13)27(24,25)19-10-3-1-2-4-11-19/h5-9,12H,1-4,10-11H2,(H,18,21). The molecule has 1 fully saturated rings. The van der Waals surface area contributed by atoms with E-state index < -0.39 is 26.7 Å².